The zero-order valence-corrected chi connectivity index (χ0v) is 16.8. The zero-order valence-electron chi connectivity index (χ0n) is 16.0. The normalized spacial score (nSPS) is 19.7. The summed E-state index contributed by atoms with van der Waals surface area (Å²) in [5.41, 5.74) is -0.343. The highest BCUT2D eigenvalue weighted by Gasteiger charge is 2.31. The van der Waals surface area contributed by atoms with Gasteiger partial charge in [-0.05, 0) is 44.2 Å². The van der Waals surface area contributed by atoms with Gasteiger partial charge in [-0.25, -0.2) is 26.7 Å². The van der Waals surface area contributed by atoms with Crippen LogP contribution >= 0.6 is 0 Å². The van der Waals surface area contributed by atoms with Gasteiger partial charge in [-0.15, -0.1) is 0 Å². The summed E-state index contributed by atoms with van der Waals surface area (Å²) in [5.74, 6) is -3.71. The number of nitrogens with two attached hydrogens (primary N) is 1. The van der Waals surface area contributed by atoms with Crippen molar-refractivity contribution in [1.29, 1.82) is 0 Å². The Bertz CT molecular complexity index is 1100. The van der Waals surface area contributed by atoms with Crippen LogP contribution in [0.1, 0.15) is 25.3 Å². The molecule has 0 aliphatic carbocycles. The maximum atomic E-state index is 13.9. The molecule has 0 saturated carbocycles. The molecule has 160 valence electrons. The third-order valence-electron chi connectivity index (χ3n) is 4.79. The topological polar surface area (TPSA) is 105 Å². The lowest BCUT2D eigenvalue weighted by Crippen LogP contribution is -2.31. The number of hydrazone groups is 1. The third-order valence-corrected chi connectivity index (χ3v) is 5.73. The number of nitrogens with one attached hydrogen (secondary N) is 1. The van der Waals surface area contributed by atoms with Crippen LogP contribution in [0.15, 0.2) is 46.4 Å². The predicted octanol–water partition coefficient (Wildman–Crippen LogP) is 2.89. The molecule has 30 heavy (non-hydrogen) atoms. The van der Waals surface area contributed by atoms with E-state index in [-0.39, 0.29) is 16.3 Å². The van der Waals surface area contributed by atoms with E-state index in [0.717, 1.165) is 24.4 Å². The van der Waals surface area contributed by atoms with E-state index in [1.54, 1.807) is 0 Å². The molecule has 0 spiro atoms. The van der Waals surface area contributed by atoms with Gasteiger partial charge in [-0.3, -0.25) is 9.80 Å². The summed E-state index contributed by atoms with van der Waals surface area (Å²) in [6, 6.07) is 6.25. The largest absolute Gasteiger partial charge is 0.326 e. The number of hydrogen-bond acceptors (Lipinski definition) is 5. The van der Waals surface area contributed by atoms with Crippen LogP contribution in [-0.4, -0.2) is 32.8 Å². The van der Waals surface area contributed by atoms with Crippen molar-refractivity contribution in [1.82, 2.24) is 0 Å². The first-order valence-corrected chi connectivity index (χ1v) is 10.4. The van der Waals surface area contributed by atoms with Crippen molar-refractivity contribution in [2.45, 2.75) is 36.9 Å². The fourth-order valence-corrected chi connectivity index (χ4v) is 3.84. The molecule has 0 radical (unpaired) electrons. The molecule has 2 aromatic carbocycles. The summed E-state index contributed by atoms with van der Waals surface area (Å²) in [6.45, 7) is 2.83. The second-order valence-electron chi connectivity index (χ2n) is 6.87. The summed E-state index contributed by atoms with van der Waals surface area (Å²) >= 11 is 0. The van der Waals surface area contributed by atoms with Gasteiger partial charge in [0.25, 0.3) is 0 Å². The minimum absolute atomic E-state index is 0.0315. The molecule has 1 aliphatic rings. The second-order valence-corrected chi connectivity index (χ2v) is 8.40. The molecule has 0 bridgehead atoms. The van der Waals surface area contributed by atoms with E-state index in [4.69, 9.17) is 5.14 Å². The van der Waals surface area contributed by atoms with E-state index < -0.39 is 51.3 Å². The predicted molar refractivity (Wildman–Crippen MR) is 107 cm³/mol. The van der Waals surface area contributed by atoms with Gasteiger partial charge in [-0.1, -0.05) is 6.07 Å². The highest BCUT2D eigenvalue weighted by atomic mass is 32.2. The fourth-order valence-electron chi connectivity index (χ4n) is 3.10. The van der Waals surface area contributed by atoms with Gasteiger partial charge < -0.3 is 5.32 Å². The van der Waals surface area contributed by atoms with Crippen molar-refractivity contribution in [3.63, 3.8) is 0 Å². The lowest BCUT2D eigenvalue weighted by Gasteiger charge is -2.24. The molecule has 0 saturated heterocycles. The third kappa shape index (κ3) is 4.17. The van der Waals surface area contributed by atoms with Crippen LogP contribution < -0.4 is 15.5 Å². The standard InChI is InChI=1S/C19H19F3N4O3S/c1-10(18-13(20)4-3-5-14(18)21)19(27)25-12-6-7-16(17(8-12)30(23,28)29)26-11(2)15(22)9-24-26/h3-11,15H,1-2H3,(H,25,27)(H2,23,28,29). The van der Waals surface area contributed by atoms with E-state index in [1.165, 1.54) is 37.1 Å². The minimum atomic E-state index is -4.27. The number of primary sulfonamides is 1. The number of halogens is 3. The molecule has 1 heterocycles. The highest BCUT2D eigenvalue weighted by Crippen LogP contribution is 2.32. The average molecular weight is 440 g/mol. The molecule has 7 nitrogen and oxygen atoms in total. The van der Waals surface area contributed by atoms with Crippen LogP contribution in [0, 0.1) is 11.6 Å². The first kappa shape index (κ1) is 21.8. The number of carbonyl (C=O) groups is 1. The Balaban J connectivity index is 1.92. The zero-order chi connectivity index (χ0) is 22.2. The van der Waals surface area contributed by atoms with Crippen LogP contribution in [0.5, 0.6) is 0 Å². The average Bonchev–Trinajstić information content (AvgIpc) is 2.99. The number of anilines is 2. The Morgan fingerprint density at radius 2 is 1.87 bits per heavy atom. The van der Waals surface area contributed by atoms with Gasteiger partial charge in [0, 0.05) is 11.3 Å². The maximum absolute atomic E-state index is 13.9. The monoisotopic (exact) mass is 440 g/mol. The van der Waals surface area contributed by atoms with Crippen molar-refractivity contribution in [3.05, 3.63) is 53.6 Å². The van der Waals surface area contributed by atoms with E-state index in [1.807, 2.05) is 0 Å². The molecule has 3 unspecified atom stereocenters. The first-order chi connectivity index (χ1) is 14.0. The van der Waals surface area contributed by atoms with E-state index in [0.29, 0.717) is 0 Å². The van der Waals surface area contributed by atoms with Crippen molar-refractivity contribution in [3.8, 4) is 0 Å². The van der Waals surface area contributed by atoms with Crippen LogP contribution in [-0.2, 0) is 14.8 Å². The fraction of sp³-hybridized carbons (Fsp3) is 0.263. The summed E-state index contributed by atoms with van der Waals surface area (Å²) in [4.78, 5) is 12.1. The number of alkyl halides is 1. The summed E-state index contributed by atoms with van der Waals surface area (Å²) in [6.07, 6.45) is -0.355. The number of carbonyl (C=O) groups excluding carboxylic acids is 1. The number of amides is 1. The summed E-state index contributed by atoms with van der Waals surface area (Å²) in [5, 5.41) is 12.7. The van der Waals surface area contributed by atoms with E-state index >= 15 is 0 Å². The lowest BCUT2D eigenvalue weighted by atomic mass is 9.99. The Hall–Kier alpha value is -2.92. The van der Waals surface area contributed by atoms with Crippen molar-refractivity contribution < 1.29 is 26.4 Å². The molecule has 3 rings (SSSR count). The second kappa shape index (κ2) is 8.07. The number of sulfonamides is 1. The molecule has 3 N–H and O–H groups in total. The molecular weight excluding hydrogens is 421 g/mol. The molecular formula is C19H19F3N4O3S. The Morgan fingerprint density at radius 1 is 1.23 bits per heavy atom. The van der Waals surface area contributed by atoms with E-state index in [2.05, 4.69) is 10.4 Å². The SMILES string of the molecule is CC(C(=O)Nc1ccc(N2N=CC(F)C2C)c(S(N)(=O)=O)c1)c1c(F)cccc1F. The smallest absolute Gasteiger partial charge is 0.240 e. The number of nitrogens with zero attached hydrogens (tertiary/aromatic N) is 2. The Labute approximate surface area is 171 Å². The van der Waals surface area contributed by atoms with Crippen LogP contribution in [0.3, 0.4) is 0 Å². The first-order valence-electron chi connectivity index (χ1n) is 8.89. The Kier molecular flexibility index (Phi) is 5.86. The molecule has 0 fully saturated rings. The number of rotatable bonds is 5. The number of hydrogen-bond donors (Lipinski definition) is 2. The van der Waals surface area contributed by atoms with Crippen LogP contribution in [0.25, 0.3) is 0 Å². The molecule has 1 amide bonds. The highest BCUT2D eigenvalue weighted by molar-refractivity contribution is 7.89. The van der Waals surface area contributed by atoms with Gasteiger partial charge in [0.1, 0.15) is 16.5 Å². The van der Waals surface area contributed by atoms with E-state index in [9.17, 15) is 26.4 Å². The minimum Gasteiger partial charge on any atom is -0.326 e. The maximum Gasteiger partial charge on any atom is 0.240 e. The van der Waals surface area contributed by atoms with Crippen molar-refractivity contribution in [2.24, 2.45) is 10.2 Å². The quantitative estimate of drug-likeness (QED) is 0.746. The van der Waals surface area contributed by atoms with Crippen LogP contribution in [0.4, 0.5) is 24.5 Å². The molecule has 2 aromatic rings. The van der Waals surface area contributed by atoms with Crippen molar-refractivity contribution in [2.75, 3.05) is 10.3 Å². The molecule has 11 heteroatoms. The van der Waals surface area contributed by atoms with Gasteiger partial charge in [0.05, 0.1) is 23.9 Å². The molecule has 1 aliphatic heterocycles. The van der Waals surface area contributed by atoms with Gasteiger partial charge in [0.15, 0.2) is 6.17 Å². The lowest BCUT2D eigenvalue weighted by molar-refractivity contribution is -0.117. The summed E-state index contributed by atoms with van der Waals surface area (Å²) in [7, 11) is -4.27. The molecule has 0 aromatic heterocycles. The van der Waals surface area contributed by atoms with Gasteiger partial charge in [0.2, 0.25) is 15.9 Å². The van der Waals surface area contributed by atoms with Gasteiger partial charge >= 0.3 is 0 Å². The summed E-state index contributed by atoms with van der Waals surface area (Å²) < 4.78 is 65.8. The number of benzene rings is 2. The van der Waals surface area contributed by atoms with Crippen LogP contribution in [0.2, 0.25) is 0 Å². The molecule has 3 atom stereocenters. The Morgan fingerprint density at radius 3 is 2.40 bits per heavy atom. The van der Waals surface area contributed by atoms with Gasteiger partial charge in [-0.2, -0.15) is 5.10 Å². The van der Waals surface area contributed by atoms with Crippen molar-refractivity contribution >= 4 is 33.5 Å².